The molecule has 0 atom stereocenters. The molecule has 0 spiro atoms. The van der Waals surface area contributed by atoms with E-state index in [9.17, 15) is 22.0 Å². The first-order valence-electron chi connectivity index (χ1n) is 11.7. The van der Waals surface area contributed by atoms with Crippen molar-refractivity contribution in [3.05, 3.63) is 48.2 Å². The van der Waals surface area contributed by atoms with Crippen LogP contribution in [0.15, 0.2) is 41.4 Å². The van der Waals surface area contributed by atoms with Gasteiger partial charge in [0.05, 0.1) is 6.61 Å². The lowest BCUT2D eigenvalue weighted by atomic mass is 9.90. The van der Waals surface area contributed by atoms with Gasteiger partial charge in [-0.3, -0.25) is 4.79 Å². The predicted molar refractivity (Wildman–Crippen MR) is 123 cm³/mol. The van der Waals surface area contributed by atoms with Crippen molar-refractivity contribution < 1.29 is 26.7 Å². The molecule has 7 nitrogen and oxygen atoms in total. The fourth-order valence-electron chi connectivity index (χ4n) is 4.55. The van der Waals surface area contributed by atoms with Crippen molar-refractivity contribution in [2.24, 2.45) is 11.8 Å². The topological polar surface area (TPSA) is 88.6 Å². The van der Waals surface area contributed by atoms with Crippen LogP contribution in [0.25, 0.3) is 0 Å². The van der Waals surface area contributed by atoms with Crippen LogP contribution in [-0.4, -0.2) is 43.3 Å². The summed E-state index contributed by atoms with van der Waals surface area (Å²) in [7, 11) is -4.19. The number of hydrogen-bond acceptors (Lipinski definition) is 5. The molecule has 4 rings (SSSR count). The van der Waals surface area contributed by atoms with Gasteiger partial charge in [-0.2, -0.15) is 4.31 Å². The lowest BCUT2D eigenvalue weighted by Gasteiger charge is -2.30. The molecule has 34 heavy (non-hydrogen) atoms. The molecule has 0 unspecified atom stereocenters. The number of halogens is 2. The fourth-order valence-corrected chi connectivity index (χ4v) is 6.10. The summed E-state index contributed by atoms with van der Waals surface area (Å²) in [4.78, 5) is 16.4. The summed E-state index contributed by atoms with van der Waals surface area (Å²) in [5.74, 6) is -1.16. The van der Waals surface area contributed by atoms with Crippen LogP contribution in [0.4, 0.5) is 14.6 Å². The summed E-state index contributed by atoms with van der Waals surface area (Å²) >= 11 is 0. The van der Waals surface area contributed by atoms with Crippen LogP contribution in [0, 0.1) is 23.5 Å². The van der Waals surface area contributed by atoms with Gasteiger partial charge in [0.1, 0.15) is 16.5 Å². The van der Waals surface area contributed by atoms with Crippen LogP contribution in [0.5, 0.6) is 5.75 Å². The van der Waals surface area contributed by atoms with E-state index in [-0.39, 0.29) is 31.8 Å². The van der Waals surface area contributed by atoms with Gasteiger partial charge in [0.25, 0.3) is 0 Å². The monoisotopic (exact) mass is 493 g/mol. The number of carbonyl (C=O) groups is 1. The largest absolute Gasteiger partial charge is 0.489 e. The van der Waals surface area contributed by atoms with E-state index < -0.39 is 32.5 Å². The summed E-state index contributed by atoms with van der Waals surface area (Å²) in [5.41, 5.74) is 0. The Labute approximate surface area is 198 Å². The zero-order valence-electron chi connectivity index (χ0n) is 18.9. The van der Waals surface area contributed by atoms with Crippen LogP contribution in [0.2, 0.25) is 0 Å². The quantitative estimate of drug-likeness (QED) is 0.619. The van der Waals surface area contributed by atoms with Crippen molar-refractivity contribution in [3.63, 3.8) is 0 Å². The normalized spacial score (nSPS) is 18.5. The molecule has 2 aromatic rings. The van der Waals surface area contributed by atoms with Gasteiger partial charge in [-0.25, -0.2) is 22.2 Å². The summed E-state index contributed by atoms with van der Waals surface area (Å²) in [6.45, 7) is 0.648. The minimum Gasteiger partial charge on any atom is -0.489 e. The Morgan fingerprint density at radius 3 is 2.56 bits per heavy atom. The van der Waals surface area contributed by atoms with Crippen LogP contribution >= 0.6 is 0 Å². The van der Waals surface area contributed by atoms with Gasteiger partial charge in [0, 0.05) is 25.2 Å². The predicted octanol–water partition coefficient (Wildman–Crippen LogP) is 4.36. The molecule has 2 aliphatic rings. The molecule has 1 saturated carbocycles. The number of hydrogen-bond donors (Lipinski definition) is 1. The number of nitrogens with zero attached hydrogens (tertiary/aromatic N) is 2. The zero-order valence-corrected chi connectivity index (χ0v) is 19.7. The van der Waals surface area contributed by atoms with Crippen molar-refractivity contribution in [1.82, 2.24) is 9.29 Å². The second-order valence-electron chi connectivity index (χ2n) is 8.91. The first kappa shape index (κ1) is 24.5. The van der Waals surface area contributed by atoms with Crippen LogP contribution in [0.3, 0.4) is 0 Å². The Morgan fingerprint density at radius 2 is 1.82 bits per heavy atom. The highest BCUT2D eigenvalue weighted by Crippen LogP contribution is 2.29. The molecular weight excluding hydrogens is 464 g/mol. The number of nitrogens with one attached hydrogen (secondary N) is 1. The highest BCUT2D eigenvalue weighted by atomic mass is 32.2. The molecule has 184 valence electrons. The molecular formula is C24H29F2N3O4S. The fraction of sp³-hybridized carbons (Fsp3) is 0.500. The lowest BCUT2D eigenvalue weighted by Crippen LogP contribution is -2.41. The molecule has 0 bridgehead atoms. The smallest absolute Gasteiger partial charge is 0.246 e. The molecule has 1 aromatic heterocycles. The van der Waals surface area contributed by atoms with Crippen LogP contribution < -0.4 is 10.1 Å². The Morgan fingerprint density at radius 1 is 1.09 bits per heavy atom. The number of benzene rings is 1. The van der Waals surface area contributed by atoms with E-state index in [1.165, 1.54) is 19.3 Å². The molecule has 2 heterocycles. The van der Waals surface area contributed by atoms with Gasteiger partial charge in [0.15, 0.2) is 11.6 Å². The number of sulfonamides is 1. The first-order chi connectivity index (χ1) is 16.3. The maximum Gasteiger partial charge on any atom is 0.246 e. The second kappa shape index (κ2) is 10.8. The van der Waals surface area contributed by atoms with Crippen molar-refractivity contribution >= 4 is 21.7 Å². The van der Waals surface area contributed by atoms with Crippen molar-refractivity contribution in [3.8, 4) is 5.75 Å². The molecule has 10 heteroatoms. The van der Waals surface area contributed by atoms with E-state index >= 15 is 0 Å². The summed E-state index contributed by atoms with van der Waals surface area (Å²) < 4.78 is 60.1. The van der Waals surface area contributed by atoms with Gasteiger partial charge in [-0.15, -0.1) is 0 Å². The number of amides is 1. The summed E-state index contributed by atoms with van der Waals surface area (Å²) in [6, 6.07) is 5.87. The van der Waals surface area contributed by atoms with E-state index in [0.29, 0.717) is 30.2 Å². The number of rotatable bonds is 7. The number of piperidine rings is 1. The third-order valence-electron chi connectivity index (χ3n) is 6.55. The minimum atomic E-state index is -4.19. The molecule has 1 aromatic carbocycles. The number of anilines is 1. The highest BCUT2D eigenvalue weighted by molar-refractivity contribution is 7.89. The number of aromatic nitrogens is 1. The van der Waals surface area contributed by atoms with Gasteiger partial charge < -0.3 is 10.1 Å². The average Bonchev–Trinajstić information content (AvgIpc) is 2.85. The van der Waals surface area contributed by atoms with Gasteiger partial charge in [0.2, 0.25) is 15.9 Å². The summed E-state index contributed by atoms with van der Waals surface area (Å²) in [5, 5.41) is 2.82. The second-order valence-corrected chi connectivity index (χ2v) is 10.8. The third kappa shape index (κ3) is 5.72. The number of carbonyl (C=O) groups excluding carboxylic acids is 1. The van der Waals surface area contributed by atoms with E-state index in [1.54, 1.807) is 18.3 Å². The highest BCUT2D eigenvalue weighted by Gasteiger charge is 2.34. The van der Waals surface area contributed by atoms with E-state index in [1.807, 2.05) is 0 Å². The Hall–Kier alpha value is -2.59. The molecule has 1 N–H and O–H groups in total. The van der Waals surface area contributed by atoms with Crippen LogP contribution in [-0.2, 0) is 14.8 Å². The molecule has 1 aliphatic carbocycles. The maximum absolute atomic E-state index is 14.0. The Balaban J connectivity index is 1.35. The van der Waals surface area contributed by atoms with Crippen molar-refractivity contribution in [1.29, 1.82) is 0 Å². The number of pyridine rings is 1. The maximum atomic E-state index is 14.0. The lowest BCUT2D eigenvalue weighted by molar-refractivity contribution is -0.121. The third-order valence-corrected chi connectivity index (χ3v) is 8.46. The SMILES string of the molecule is O=C(Nc1ncccc1OCC1CCCCC1)C1CCN(S(=O)(=O)c2cc(F)ccc2F)CC1. The van der Waals surface area contributed by atoms with Crippen molar-refractivity contribution in [2.45, 2.75) is 49.8 Å². The molecule has 1 aliphatic heterocycles. The molecule has 1 saturated heterocycles. The standard InChI is InChI=1S/C24H29F2N3O4S/c25-19-8-9-20(26)22(15-19)34(31,32)29-13-10-18(11-14-29)24(30)28-23-21(7-4-12-27-23)33-16-17-5-2-1-3-6-17/h4,7-9,12,15,17-18H,1-3,5-6,10-11,13-14,16H2,(H,27,28,30). The summed E-state index contributed by atoms with van der Waals surface area (Å²) in [6.07, 6.45) is 8.07. The Kier molecular flexibility index (Phi) is 7.77. The number of ether oxygens (including phenoxy) is 1. The van der Waals surface area contributed by atoms with Gasteiger partial charge in [-0.05, 0) is 61.9 Å². The van der Waals surface area contributed by atoms with Crippen molar-refractivity contribution in [2.75, 3.05) is 25.0 Å². The molecule has 2 fully saturated rings. The molecule has 0 radical (unpaired) electrons. The van der Waals surface area contributed by atoms with E-state index in [4.69, 9.17) is 4.74 Å². The Bertz CT molecular complexity index is 1110. The van der Waals surface area contributed by atoms with Gasteiger partial charge >= 0.3 is 0 Å². The van der Waals surface area contributed by atoms with Crippen LogP contribution in [0.1, 0.15) is 44.9 Å². The van der Waals surface area contributed by atoms with Gasteiger partial charge in [-0.1, -0.05) is 19.3 Å². The first-order valence-corrected chi connectivity index (χ1v) is 13.1. The minimum absolute atomic E-state index is 0.0314. The molecule has 1 amide bonds. The zero-order chi connectivity index (χ0) is 24.1. The van der Waals surface area contributed by atoms with E-state index in [2.05, 4.69) is 10.3 Å². The van der Waals surface area contributed by atoms with E-state index in [0.717, 1.165) is 29.3 Å². The average molecular weight is 494 g/mol.